The molecule has 0 atom stereocenters. The van der Waals surface area contributed by atoms with Crippen molar-refractivity contribution in [2.24, 2.45) is 0 Å². The summed E-state index contributed by atoms with van der Waals surface area (Å²) in [5.41, 5.74) is 5.87. The van der Waals surface area contributed by atoms with Crippen LogP contribution >= 0.6 is 12.1 Å². The Morgan fingerprint density at radius 3 is 2.48 bits per heavy atom. The molecule has 130 valence electrons. The van der Waals surface area contributed by atoms with E-state index in [1.807, 2.05) is 0 Å². The van der Waals surface area contributed by atoms with Gasteiger partial charge in [0, 0.05) is 17.6 Å². The molecule has 2 N–H and O–H groups in total. The molecule has 1 fully saturated rings. The summed E-state index contributed by atoms with van der Waals surface area (Å²) in [5, 5.41) is 0. The van der Waals surface area contributed by atoms with Crippen LogP contribution in [0.1, 0.15) is 19.4 Å². The molecule has 0 bridgehead atoms. The van der Waals surface area contributed by atoms with E-state index in [-0.39, 0.29) is 24.6 Å². The minimum atomic E-state index is -1.01. The summed E-state index contributed by atoms with van der Waals surface area (Å²) >= 11 is 0.109. The summed E-state index contributed by atoms with van der Waals surface area (Å²) < 4.78 is 12.6. The SMILES string of the molecule is CC1(C)C(=O)N(c2ccc(SF)cc2)C(=O)N1Cc1ccnc(N)c1. The lowest BCUT2D eigenvalue weighted by atomic mass is 10.0. The number of pyridine rings is 1. The number of nitrogens with zero attached hydrogens (tertiary/aromatic N) is 3. The number of imide groups is 1. The Morgan fingerprint density at radius 2 is 1.88 bits per heavy atom. The van der Waals surface area contributed by atoms with Crippen molar-refractivity contribution in [1.82, 2.24) is 9.88 Å². The minimum Gasteiger partial charge on any atom is -0.384 e. The molecule has 1 saturated heterocycles. The van der Waals surface area contributed by atoms with Gasteiger partial charge >= 0.3 is 6.03 Å². The van der Waals surface area contributed by atoms with Crippen molar-refractivity contribution in [1.29, 1.82) is 0 Å². The van der Waals surface area contributed by atoms with Crippen molar-refractivity contribution in [3.63, 3.8) is 0 Å². The van der Waals surface area contributed by atoms with Crippen molar-refractivity contribution in [3.05, 3.63) is 48.2 Å². The first-order valence-electron chi connectivity index (χ1n) is 7.60. The van der Waals surface area contributed by atoms with E-state index in [9.17, 15) is 13.5 Å². The number of rotatable bonds is 4. The van der Waals surface area contributed by atoms with E-state index in [1.165, 1.54) is 17.0 Å². The van der Waals surface area contributed by atoms with Crippen LogP contribution in [0.4, 0.5) is 20.2 Å². The van der Waals surface area contributed by atoms with Gasteiger partial charge in [0.05, 0.1) is 17.8 Å². The second kappa shape index (κ2) is 6.36. The second-order valence-corrected chi connectivity index (χ2v) is 6.85. The minimum absolute atomic E-state index is 0.109. The third kappa shape index (κ3) is 3.05. The predicted octanol–water partition coefficient (Wildman–Crippen LogP) is 3.39. The lowest BCUT2D eigenvalue weighted by molar-refractivity contribution is -0.123. The highest BCUT2D eigenvalue weighted by Crippen LogP contribution is 2.34. The lowest BCUT2D eigenvalue weighted by Crippen LogP contribution is -2.43. The Hall–Kier alpha value is -2.61. The van der Waals surface area contributed by atoms with Crippen LogP contribution in [-0.4, -0.2) is 27.4 Å². The standard InChI is InChI=1S/C17H17FN4O2S/c1-17(2)15(23)22(12-3-5-13(25-18)6-4-12)16(24)21(17)10-11-7-8-20-14(19)9-11/h3-9H,10H2,1-2H3,(H2,19,20). The predicted molar refractivity (Wildman–Crippen MR) is 94.6 cm³/mol. The first kappa shape index (κ1) is 17.2. The average Bonchev–Trinajstić information content (AvgIpc) is 2.75. The molecule has 1 aliphatic rings. The second-order valence-electron chi connectivity index (χ2n) is 6.23. The van der Waals surface area contributed by atoms with Crippen LogP contribution in [0.5, 0.6) is 0 Å². The van der Waals surface area contributed by atoms with Gasteiger partial charge in [0.1, 0.15) is 11.4 Å². The van der Waals surface area contributed by atoms with Crippen LogP contribution in [0.25, 0.3) is 0 Å². The van der Waals surface area contributed by atoms with Gasteiger partial charge in [0.15, 0.2) is 0 Å². The summed E-state index contributed by atoms with van der Waals surface area (Å²) in [6.45, 7) is 3.63. The Balaban J connectivity index is 1.92. The summed E-state index contributed by atoms with van der Waals surface area (Å²) in [6.07, 6.45) is 1.56. The molecule has 1 aromatic carbocycles. The monoisotopic (exact) mass is 360 g/mol. The molecule has 0 radical (unpaired) electrons. The molecule has 3 amide bonds. The van der Waals surface area contributed by atoms with E-state index < -0.39 is 11.6 Å². The molecule has 0 saturated carbocycles. The molecule has 25 heavy (non-hydrogen) atoms. The number of urea groups is 1. The molecule has 6 nitrogen and oxygen atoms in total. The number of carbonyl (C=O) groups is 2. The van der Waals surface area contributed by atoms with Crippen LogP contribution in [0.3, 0.4) is 0 Å². The Kier molecular flexibility index (Phi) is 4.38. The maximum absolute atomic E-state index is 12.9. The fourth-order valence-corrected chi connectivity index (χ4v) is 2.99. The van der Waals surface area contributed by atoms with E-state index >= 15 is 0 Å². The van der Waals surface area contributed by atoms with Crippen LogP contribution in [-0.2, 0) is 11.3 Å². The molecule has 0 unspecified atom stereocenters. The van der Waals surface area contributed by atoms with Crippen LogP contribution < -0.4 is 10.6 Å². The number of carbonyl (C=O) groups excluding carboxylic acids is 2. The normalized spacial score (nSPS) is 16.6. The van der Waals surface area contributed by atoms with Crippen LogP contribution in [0.15, 0.2) is 47.5 Å². The molecule has 1 aliphatic heterocycles. The Bertz CT molecular complexity index is 826. The van der Waals surface area contributed by atoms with E-state index in [0.717, 1.165) is 10.5 Å². The van der Waals surface area contributed by atoms with Gasteiger partial charge < -0.3 is 10.6 Å². The Labute approximate surface area is 149 Å². The summed E-state index contributed by atoms with van der Waals surface area (Å²) in [5.74, 6) is 0.0182. The third-order valence-corrected chi connectivity index (χ3v) is 4.64. The number of nitrogen functional groups attached to an aromatic ring is 1. The summed E-state index contributed by atoms with van der Waals surface area (Å²) in [7, 11) is 0. The van der Waals surface area contributed by atoms with E-state index in [4.69, 9.17) is 5.73 Å². The van der Waals surface area contributed by atoms with Gasteiger partial charge in [-0.3, -0.25) is 4.79 Å². The smallest absolute Gasteiger partial charge is 0.332 e. The van der Waals surface area contributed by atoms with Gasteiger partial charge in [-0.25, -0.2) is 14.7 Å². The summed E-state index contributed by atoms with van der Waals surface area (Å²) in [4.78, 5) is 32.6. The Morgan fingerprint density at radius 1 is 1.20 bits per heavy atom. The molecule has 0 spiro atoms. The van der Waals surface area contributed by atoms with Crippen molar-refractivity contribution in [2.75, 3.05) is 10.6 Å². The number of hydrogen-bond acceptors (Lipinski definition) is 5. The van der Waals surface area contributed by atoms with Crippen LogP contribution in [0.2, 0.25) is 0 Å². The zero-order chi connectivity index (χ0) is 18.2. The maximum atomic E-state index is 12.9. The number of nitrogens with two attached hydrogens (primary N) is 1. The number of amides is 3. The highest BCUT2D eigenvalue weighted by molar-refractivity contribution is 7.94. The average molecular weight is 360 g/mol. The first-order valence-corrected chi connectivity index (χ1v) is 8.31. The van der Waals surface area contributed by atoms with Crippen molar-refractivity contribution < 1.29 is 13.5 Å². The lowest BCUT2D eigenvalue weighted by Gasteiger charge is -2.27. The number of hydrogen-bond donors (Lipinski definition) is 1. The molecule has 8 heteroatoms. The topological polar surface area (TPSA) is 79.5 Å². The largest absolute Gasteiger partial charge is 0.384 e. The fraction of sp³-hybridized carbons (Fsp3) is 0.235. The number of aromatic nitrogens is 1. The molecule has 2 heterocycles. The molecule has 1 aromatic heterocycles. The molecular weight excluding hydrogens is 343 g/mol. The van der Waals surface area contributed by atoms with Crippen molar-refractivity contribution in [3.8, 4) is 0 Å². The van der Waals surface area contributed by atoms with E-state index in [1.54, 1.807) is 44.3 Å². The van der Waals surface area contributed by atoms with Gasteiger partial charge in [-0.15, -0.1) is 0 Å². The molecule has 3 rings (SSSR count). The molecular formula is C17H17FN4O2S. The third-order valence-electron chi connectivity index (χ3n) is 4.19. The summed E-state index contributed by atoms with van der Waals surface area (Å²) in [6, 6.07) is 9.17. The fourth-order valence-electron chi connectivity index (χ4n) is 2.75. The zero-order valence-electron chi connectivity index (χ0n) is 13.8. The highest BCUT2D eigenvalue weighted by Gasteiger charge is 2.51. The molecule has 0 aliphatic carbocycles. The number of benzene rings is 1. The number of halogens is 1. The maximum Gasteiger partial charge on any atom is 0.332 e. The van der Waals surface area contributed by atoms with Crippen molar-refractivity contribution >= 4 is 35.6 Å². The van der Waals surface area contributed by atoms with E-state index in [2.05, 4.69) is 4.98 Å². The zero-order valence-corrected chi connectivity index (χ0v) is 14.6. The quantitative estimate of drug-likeness (QED) is 0.846. The van der Waals surface area contributed by atoms with Crippen LogP contribution in [0, 0.1) is 0 Å². The first-order chi connectivity index (χ1) is 11.8. The van der Waals surface area contributed by atoms with E-state index in [0.29, 0.717) is 16.4 Å². The van der Waals surface area contributed by atoms with Gasteiger partial charge in [0.25, 0.3) is 5.91 Å². The van der Waals surface area contributed by atoms with Crippen molar-refractivity contribution in [2.45, 2.75) is 30.8 Å². The highest BCUT2D eigenvalue weighted by atomic mass is 32.2. The van der Waals surface area contributed by atoms with Gasteiger partial charge in [0.2, 0.25) is 0 Å². The molecule has 2 aromatic rings. The van der Waals surface area contributed by atoms with Gasteiger partial charge in [-0.1, -0.05) is 0 Å². The number of anilines is 2. The van der Waals surface area contributed by atoms with Gasteiger partial charge in [-0.2, -0.15) is 3.89 Å². The van der Waals surface area contributed by atoms with Gasteiger partial charge in [-0.05, 0) is 55.8 Å².